The van der Waals surface area contributed by atoms with Crippen molar-refractivity contribution >= 4 is 0 Å². The number of aliphatic hydroxyl groups excluding tert-OH is 1. The lowest BCUT2D eigenvalue weighted by Crippen LogP contribution is -2.34. The van der Waals surface area contributed by atoms with Gasteiger partial charge < -0.3 is 19.3 Å². The average Bonchev–Trinajstić information content (AvgIpc) is 2.61. The van der Waals surface area contributed by atoms with Crippen LogP contribution in [-0.2, 0) is 16.8 Å². The van der Waals surface area contributed by atoms with Gasteiger partial charge in [0.1, 0.15) is 6.10 Å². The van der Waals surface area contributed by atoms with Gasteiger partial charge in [0.2, 0.25) is 0 Å². The van der Waals surface area contributed by atoms with Crippen molar-refractivity contribution in [3.8, 4) is 17.6 Å². The standard InChI is InChI=1S/C18H21NO4/c1-21-14-4-6-18(7-5-14,8-9-19)15-11-17(23-3)16(22-2)10-13(15)12-20/h4-6,10-11,20H,7-8,12H2,1-3H3. The predicted molar refractivity (Wildman–Crippen MR) is 85.1 cm³/mol. The lowest BCUT2D eigenvalue weighted by Gasteiger charge is -2.39. The summed E-state index contributed by atoms with van der Waals surface area (Å²) in [6, 6.07) is 5.86. The Hall–Kier alpha value is -1.77. The van der Waals surface area contributed by atoms with Crippen LogP contribution < -0.4 is 9.47 Å². The normalized spacial score (nSPS) is 17.5. The quantitative estimate of drug-likeness (QED) is 0.873. The SMILES string of the molecule is CO[C]1[CH][CH]C(CC#N)(c2cc(OC)c(OC)cc2CO)C[CH]1. The molecule has 0 amide bonds. The zero-order valence-electron chi connectivity index (χ0n) is 13.6. The Morgan fingerprint density at radius 3 is 2.35 bits per heavy atom. The van der Waals surface area contributed by atoms with Crippen molar-refractivity contribution in [3.05, 3.63) is 48.6 Å². The minimum atomic E-state index is -0.519. The van der Waals surface area contributed by atoms with Crippen LogP contribution in [0.3, 0.4) is 0 Å². The molecular formula is C18H21NO4. The van der Waals surface area contributed by atoms with E-state index in [0.717, 1.165) is 17.2 Å². The molecule has 0 aliphatic heterocycles. The van der Waals surface area contributed by atoms with Crippen molar-refractivity contribution in [1.82, 2.24) is 0 Å². The Morgan fingerprint density at radius 2 is 1.87 bits per heavy atom. The van der Waals surface area contributed by atoms with Gasteiger partial charge in [-0.1, -0.05) is 0 Å². The van der Waals surface area contributed by atoms with Gasteiger partial charge in [0, 0.05) is 25.4 Å². The third-order valence-corrected chi connectivity index (χ3v) is 4.18. The zero-order chi connectivity index (χ0) is 16.9. The number of benzene rings is 1. The first-order valence-electron chi connectivity index (χ1n) is 7.30. The average molecular weight is 315 g/mol. The maximum Gasteiger partial charge on any atom is 0.161 e. The molecule has 0 aromatic heterocycles. The Balaban J connectivity index is 2.49. The second-order valence-corrected chi connectivity index (χ2v) is 5.36. The molecule has 4 radical (unpaired) electrons. The first-order valence-corrected chi connectivity index (χ1v) is 7.30. The Morgan fingerprint density at radius 1 is 1.17 bits per heavy atom. The van der Waals surface area contributed by atoms with Gasteiger partial charge in [0.15, 0.2) is 11.5 Å². The lowest BCUT2D eigenvalue weighted by molar-refractivity contribution is 0.219. The fourth-order valence-electron chi connectivity index (χ4n) is 2.89. The van der Waals surface area contributed by atoms with Crippen LogP contribution in [0.4, 0.5) is 0 Å². The van der Waals surface area contributed by atoms with E-state index in [-0.39, 0.29) is 6.61 Å². The molecule has 0 bridgehead atoms. The van der Waals surface area contributed by atoms with Crippen LogP contribution >= 0.6 is 0 Å². The van der Waals surface area contributed by atoms with Crippen LogP contribution in [0.25, 0.3) is 0 Å². The fraction of sp³-hybridized carbons (Fsp3) is 0.389. The van der Waals surface area contributed by atoms with Crippen molar-refractivity contribution < 1.29 is 19.3 Å². The highest BCUT2D eigenvalue weighted by Gasteiger charge is 2.40. The van der Waals surface area contributed by atoms with Crippen LogP contribution in [0, 0.1) is 36.7 Å². The molecule has 1 unspecified atom stereocenters. The molecule has 5 nitrogen and oxygen atoms in total. The molecule has 0 spiro atoms. The lowest BCUT2D eigenvalue weighted by atomic mass is 9.66. The monoisotopic (exact) mass is 315 g/mol. The number of rotatable bonds is 6. The minimum Gasteiger partial charge on any atom is -0.493 e. The summed E-state index contributed by atoms with van der Waals surface area (Å²) >= 11 is 0. The van der Waals surface area contributed by atoms with Gasteiger partial charge in [-0.25, -0.2) is 0 Å². The van der Waals surface area contributed by atoms with E-state index in [2.05, 4.69) is 6.07 Å². The van der Waals surface area contributed by atoms with Crippen LogP contribution in [0.2, 0.25) is 0 Å². The molecule has 23 heavy (non-hydrogen) atoms. The number of hydrogen-bond donors (Lipinski definition) is 1. The van der Waals surface area contributed by atoms with E-state index in [9.17, 15) is 10.4 Å². The molecule has 2 rings (SSSR count). The molecule has 0 heterocycles. The van der Waals surface area contributed by atoms with Crippen LogP contribution in [-0.4, -0.2) is 26.4 Å². The summed E-state index contributed by atoms with van der Waals surface area (Å²) in [5.74, 6) is 1.13. The summed E-state index contributed by atoms with van der Waals surface area (Å²) in [5, 5.41) is 19.1. The molecule has 1 aromatic carbocycles. The van der Waals surface area contributed by atoms with E-state index in [1.54, 1.807) is 27.4 Å². The highest BCUT2D eigenvalue weighted by molar-refractivity contribution is 5.53. The van der Waals surface area contributed by atoms with Crippen molar-refractivity contribution in [2.24, 2.45) is 0 Å². The maximum absolute atomic E-state index is 9.77. The summed E-state index contributed by atoms with van der Waals surface area (Å²) in [6.45, 7) is -0.141. The Kier molecular flexibility index (Phi) is 5.86. The van der Waals surface area contributed by atoms with Gasteiger partial charge in [-0.15, -0.1) is 0 Å². The second-order valence-electron chi connectivity index (χ2n) is 5.36. The van der Waals surface area contributed by atoms with Gasteiger partial charge >= 0.3 is 0 Å². The third kappa shape index (κ3) is 3.44. The topological polar surface area (TPSA) is 71.7 Å². The number of aliphatic hydroxyl groups is 1. The highest BCUT2D eigenvalue weighted by atomic mass is 16.5. The van der Waals surface area contributed by atoms with Crippen LogP contribution in [0.5, 0.6) is 11.5 Å². The maximum atomic E-state index is 9.77. The molecular weight excluding hydrogens is 294 g/mol. The van der Waals surface area contributed by atoms with Crippen molar-refractivity contribution in [1.29, 1.82) is 5.26 Å². The minimum absolute atomic E-state index is 0.141. The summed E-state index contributed by atoms with van der Waals surface area (Å²) in [4.78, 5) is 0. The number of nitrogens with zero attached hydrogens (tertiary/aromatic N) is 1. The number of nitriles is 1. The number of hydrogen-bond acceptors (Lipinski definition) is 5. The van der Waals surface area contributed by atoms with Gasteiger partial charge in [0.25, 0.3) is 0 Å². The molecule has 1 aliphatic rings. The van der Waals surface area contributed by atoms with E-state index < -0.39 is 5.41 Å². The zero-order valence-corrected chi connectivity index (χ0v) is 13.6. The number of methoxy groups -OCH3 is 3. The van der Waals surface area contributed by atoms with Gasteiger partial charge in [0.05, 0.1) is 26.9 Å². The van der Waals surface area contributed by atoms with Crippen molar-refractivity contribution in [3.63, 3.8) is 0 Å². The van der Waals surface area contributed by atoms with E-state index in [1.807, 2.05) is 25.3 Å². The number of ether oxygens (including phenoxy) is 3. The summed E-state index contributed by atoms with van der Waals surface area (Å²) in [6.07, 6.45) is 7.45. The largest absolute Gasteiger partial charge is 0.493 e. The molecule has 122 valence electrons. The molecule has 1 aromatic rings. The fourth-order valence-corrected chi connectivity index (χ4v) is 2.89. The van der Waals surface area contributed by atoms with E-state index in [1.165, 1.54) is 0 Å². The summed E-state index contributed by atoms with van der Waals surface area (Å²) in [7, 11) is 4.73. The highest BCUT2D eigenvalue weighted by Crippen LogP contribution is 2.46. The smallest absolute Gasteiger partial charge is 0.161 e. The summed E-state index contributed by atoms with van der Waals surface area (Å²) < 4.78 is 15.9. The Bertz CT molecular complexity index is 571. The summed E-state index contributed by atoms with van der Waals surface area (Å²) in [5.41, 5.74) is 1.06. The van der Waals surface area contributed by atoms with Crippen LogP contribution in [0.15, 0.2) is 12.1 Å². The molecule has 1 fully saturated rings. The molecule has 1 aliphatic carbocycles. The first-order chi connectivity index (χ1) is 11.1. The van der Waals surface area contributed by atoms with Crippen molar-refractivity contribution in [2.75, 3.05) is 21.3 Å². The van der Waals surface area contributed by atoms with Gasteiger partial charge in [-0.3, -0.25) is 0 Å². The van der Waals surface area contributed by atoms with E-state index in [4.69, 9.17) is 14.2 Å². The molecule has 0 saturated heterocycles. The molecule has 1 atom stereocenters. The van der Waals surface area contributed by atoms with E-state index in [0.29, 0.717) is 24.3 Å². The first kappa shape index (κ1) is 17.6. The molecule has 1 saturated carbocycles. The van der Waals surface area contributed by atoms with Gasteiger partial charge in [-0.05, 0) is 42.5 Å². The molecule has 1 N–H and O–H groups in total. The second kappa shape index (κ2) is 7.67. The third-order valence-electron chi connectivity index (χ3n) is 4.18. The molecule has 5 heteroatoms. The predicted octanol–water partition coefficient (Wildman–Crippen LogP) is 2.54. The van der Waals surface area contributed by atoms with E-state index >= 15 is 0 Å². The van der Waals surface area contributed by atoms with Gasteiger partial charge in [-0.2, -0.15) is 5.26 Å². The Labute approximate surface area is 137 Å². The van der Waals surface area contributed by atoms with Crippen LogP contribution in [0.1, 0.15) is 24.0 Å². The van der Waals surface area contributed by atoms with Crippen molar-refractivity contribution in [2.45, 2.75) is 24.9 Å².